The van der Waals surface area contributed by atoms with Crippen LogP contribution in [0.25, 0.3) is 22.3 Å². The van der Waals surface area contributed by atoms with Crippen LogP contribution in [0.15, 0.2) is 55.0 Å². The molecule has 7 heteroatoms. The molecular weight excluding hydrogens is 402 g/mol. The van der Waals surface area contributed by atoms with E-state index in [4.69, 9.17) is 14.5 Å². The first-order valence-electron chi connectivity index (χ1n) is 10.6. The van der Waals surface area contributed by atoms with Gasteiger partial charge in [-0.2, -0.15) is 5.10 Å². The fraction of sp³-hybridized carbons (Fsp3) is 0.320. The van der Waals surface area contributed by atoms with Crippen molar-refractivity contribution < 1.29 is 9.47 Å². The summed E-state index contributed by atoms with van der Waals surface area (Å²) in [6.45, 7) is 0.948. The van der Waals surface area contributed by atoms with Crippen LogP contribution in [0, 0.1) is 0 Å². The van der Waals surface area contributed by atoms with E-state index in [-0.39, 0.29) is 5.92 Å². The summed E-state index contributed by atoms with van der Waals surface area (Å²) in [5.74, 6) is 1.73. The molecule has 1 atom stereocenters. The third-order valence-corrected chi connectivity index (χ3v) is 5.61. The highest BCUT2D eigenvalue weighted by molar-refractivity contribution is 5.78. The zero-order chi connectivity index (χ0) is 22.7. The highest BCUT2D eigenvalue weighted by Gasteiger charge is 2.18. The molecule has 4 rings (SSSR count). The van der Waals surface area contributed by atoms with E-state index < -0.39 is 0 Å². The van der Waals surface area contributed by atoms with Gasteiger partial charge in [-0.15, -0.1) is 0 Å². The van der Waals surface area contributed by atoms with Crippen LogP contribution in [0.3, 0.4) is 0 Å². The molecule has 0 amide bonds. The number of aryl methyl sites for hydroxylation is 1. The molecule has 0 saturated carbocycles. The Bertz CT molecular complexity index is 1200. The Kier molecular flexibility index (Phi) is 6.37. The summed E-state index contributed by atoms with van der Waals surface area (Å²) >= 11 is 0. The van der Waals surface area contributed by atoms with E-state index in [1.807, 2.05) is 31.6 Å². The number of ether oxygens (including phenoxy) is 2. The smallest absolute Gasteiger partial charge is 0.122 e. The second kappa shape index (κ2) is 9.36. The van der Waals surface area contributed by atoms with Crippen LogP contribution < -0.4 is 9.47 Å². The maximum atomic E-state index is 5.53. The molecule has 0 aliphatic heterocycles. The molecule has 166 valence electrons. The van der Waals surface area contributed by atoms with Gasteiger partial charge in [0.15, 0.2) is 0 Å². The molecule has 0 bridgehead atoms. The lowest BCUT2D eigenvalue weighted by Crippen LogP contribution is -2.16. The van der Waals surface area contributed by atoms with Gasteiger partial charge in [0.05, 0.1) is 43.3 Å². The van der Waals surface area contributed by atoms with Gasteiger partial charge in [0.1, 0.15) is 11.5 Å². The maximum Gasteiger partial charge on any atom is 0.122 e. The van der Waals surface area contributed by atoms with Crippen molar-refractivity contribution in [3.05, 3.63) is 66.1 Å². The first kappa shape index (κ1) is 21.8. The molecule has 1 unspecified atom stereocenters. The minimum Gasteiger partial charge on any atom is -0.497 e. The minimum atomic E-state index is 0.162. The quantitative estimate of drug-likeness (QED) is 0.418. The van der Waals surface area contributed by atoms with Gasteiger partial charge in [-0.05, 0) is 62.5 Å². The zero-order valence-electron chi connectivity index (χ0n) is 19.2. The van der Waals surface area contributed by atoms with Gasteiger partial charge in [0.2, 0.25) is 0 Å². The Labute approximate surface area is 188 Å². The predicted octanol–water partition coefficient (Wildman–Crippen LogP) is 4.13. The van der Waals surface area contributed by atoms with E-state index in [2.05, 4.69) is 53.3 Å². The summed E-state index contributed by atoms with van der Waals surface area (Å²) in [6.07, 6.45) is 6.50. The van der Waals surface area contributed by atoms with Gasteiger partial charge in [-0.1, -0.05) is 6.07 Å². The van der Waals surface area contributed by atoms with E-state index in [0.717, 1.165) is 52.3 Å². The van der Waals surface area contributed by atoms with Gasteiger partial charge in [-0.3, -0.25) is 9.67 Å². The Balaban J connectivity index is 1.78. The highest BCUT2D eigenvalue weighted by Crippen LogP contribution is 2.35. The molecule has 0 saturated heterocycles. The number of nitrogens with zero attached hydrogens (tertiary/aromatic N) is 5. The minimum absolute atomic E-state index is 0.162. The Morgan fingerprint density at radius 3 is 2.31 bits per heavy atom. The zero-order valence-corrected chi connectivity index (χ0v) is 19.2. The molecule has 2 heterocycles. The van der Waals surface area contributed by atoms with Crippen molar-refractivity contribution in [2.24, 2.45) is 7.05 Å². The Morgan fingerprint density at radius 2 is 1.69 bits per heavy atom. The van der Waals surface area contributed by atoms with Crippen molar-refractivity contribution in [3.63, 3.8) is 0 Å². The van der Waals surface area contributed by atoms with Crippen molar-refractivity contribution in [2.75, 3.05) is 34.9 Å². The monoisotopic (exact) mass is 431 g/mol. The van der Waals surface area contributed by atoms with E-state index in [0.29, 0.717) is 0 Å². The molecule has 32 heavy (non-hydrogen) atoms. The van der Waals surface area contributed by atoms with E-state index in [1.165, 1.54) is 5.56 Å². The third-order valence-electron chi connectivity index (χ3n) is 5.61. The number of methoxy groups -OCH3 is 2. The van der Waals surface area contributed by atoms with Gasteiger partial charge in [-0.25, -0.2) is 4.98 Å². The topological polar surface area (TPSA) is 65.3 Å². The summed E-state index contributed by atoms with van der Waals surface area (Å²) in [6, 6.07) is 12.4. The van der Waals surface area contributed by atoms with Crippen molar-refractivity contribution in [2.45, 2.75) is 12.3 Å². The summed E-state index contributed by atoms with van der Waals surface area (Å²) in [5, 5.41) is 4.25. The fourth-order valence-corrected chi connectivity index (χ4v) is 3.88. The van der Waals surface area contributed by atoms with E-state index >= 15 is 0 Å². The largest absolute Gasteiger partial charge is 0.497 e. The lowest BCUT2D eigenvalue weighted by molar-refractivity contribution is 0.384. The van der Waals surface area contributed by atoms with Crippen LogP contribution in [0.2, 0.25) is 0 Å². The molecule has 7 nitrogen and oxygen atoms in total. The molecule has 2 aromatic heterocycles. The summed E-state index contributed by atoms with van der Waals surface area (Å²) in [7, 11) is 9.44. The average molecular weight is 432 g/mol. The van der Waals surface area contributed by atoms with E-state index in [1.54, 1.807) is 25.1 Å². The van der Waals surface area contributed by atoms with Gasteiger partial charge >= 0.3 is 0 Å². The maximum absolute atomic E-state index is 5.53. The van der Waals surface area contributed by atoms with Gasteiger partial charge in [0.25, 0.3) is 0 Å². The van der Waals surface area contributed by atoms with Crippen molar-refractivity contribution in [1.29, 1.82) is 0 Å². The summed E-state index contributed by atoms with van der Waals surface area (Å²) in [5.41, 5.74) is 5.85. The van der Waals surface area contributed by atoms with E-state index in [9.17, 15) is 0 Å². The molecule has 4 aromatic rings. The van der Waals surface area contributed by atoms with Crippen LogP contribution in [0.5, 0.6) is 11.5 Å². The lowest BCUT2D eigenvalue weighted by Gasteiger charge is -2.22. The lowest BCUT2D eigenvalue weighted by atomic mass is 9.87. The number of hydrogen-bond donors (Lipinski definition) is 0. The third kappa shape index (κ3) is 4.73. The number of benzene rings is 2. The van der Waals surface area contributed by atoms with Crippen LogP contribution in [0.4, 0.5) is 0 Å². The molecule has 0 N–H and O–H groups in total. The van der Waals surface area contributed by atoms with Crippen LogP contribution in [-0.4, -0.2) is 59.5 Å². The van der Waals surface area contributed by atoms with Crippen molar-refractivity contribution >= 4 is 11.0 Å². The van der Waals surface area contributed by atoms with Crippen LogP contribution >= 0.6 is 0 Å². The molecule has 0 aliphatic carbocycles. The second-order valence-corrected chi connectivity index (χ2v) is 8.20. The van der Waals surface area contributed by atoms with Crippen molar-refractivity contribution in [3.8, 4) is 22.8 Å². The number of fused-ring (bicyclic) bond motifs is 1. The SMILES string of the molecule is COc1cc(OC)cc(C(CCN(C)C)c2ccc3ncc(-c4cnn(C)c4)nc3c2)c1. The van der Waals surface area contributed by atoms with Crippen LogP contribution in [0.1, 0.15) is 23.5 Å². The fourth-order valence-electron chi connectivity index (χ4n) is 3.88. The predicted molar refractivity (Wildman–Crippen MR) is 126 cm³/mol. The second-order valence-electron chi connectivity index (χ2n) is 8.20. The average Bonchev–Trinajstić information content (AvgIpc) is 3.24. The van der Waals surface area contributed by atoms with Gasteiger partial charge < -0.3 is 14.4 Å². The summed E-state index contributed by atoms with van der Waals surface area (Å²) in [4.78, 5) is 11.7. The molecular formula is C25H29N5O2. The Morgan fingerprint density at radius 1 is 0.938 bits per heavy atom. The number of rotatable bonds is 8. The number of hydrogen-bond acceptors (Lipinski definition) is 6. The van der Waals surface area contributed by atoms with Crippen molar-refractivity contribution in [1.82, 2.24) is 24.6 Å². The normalized spacial score (nSPS) is 12.3. The highest BCUT2D eigenvalue weighted by atomic mass is 16.5. The molecule has 2 aromatic carbocycles. The molecule has 0 fully saturated rings. The van der Waals surface area contributed by atoms with Crippen LogP contribution in [-0.2, 0) is 7.05 Å². The first-order chi connectivity index (χ1) is 15.5. The van der Waals surface area contributed by atoms with Gasteiger partial charge in [0, 0.05) is 30.8 Å². The molecule has 0 radical (unpaired) electrons. The molecule has 0 spiro atoms. The first-order valence-corrected chi connectivity index (χ1v) is 10.6. The standard InChI is InChI=1S/C25H29N5O2/c1-29(2)9-8-22(18-10-20(31-4)13-21(11-18)32-5)17-6-7-23-24(12-17)28-25(15-26-23)19-14-27-30(3)16-19/h6-7,10-16,22H,8-9H2,1-5H3. The Hall–Kier alpha value is -3.45. The molecule has 0 aliphatic rings. The number of aromatic nitrogens is 4. The summed E-state index contributed by atoms with van der Waals surface area (Å²) < 4.78 is 12.8.